The van der Waals surface area contributed by atoms with Gasteiger partial charge in [-0.05, 0) is 145 Å². The van der Waals surface area contributed by atoms with E-state index in [0.717, 1.165) is 34.2 Å². The monoisotopic (exact) mass is 728 g/mol. The van der Waals surface area contributed by atoms with Crippen molar-refractivity contribution >= 4 is 78.8 Å². The summed E-state index contributed by atoms with van der Waals surface area (Å²) in [6.07, 6.45) is 0. The smallest absolute Gasteiger partial charge is 0.256 e. The lowest BCUT2D eigenvalue weighted by Crippen LogP contribution is -2.59. The van der Waals surface area contributed by atoms with Crippen molar-refractivity contribution in [2.24, 2.45) is 0 Å². The van der Waals surface area contributed by atoms with E-state index in [2.05, 4.69) is 212 Å². The Morgan fingerprint density at radius 3 is 1.91 bits per heavy atom. The zero-order valence-corrected chi connectivity index (χ0v) is 31.8. The van der Waals surface area contributed by atoms with Gasteiger partial charge in [-0.2, -0.15) is 0 Å². The predicted molar refractivity (Wildman–Crippen MR) is 240 cm³/mol. The summed E-state index contributed by atoms with van der Waals surface area (Å²) in [5, 5.41) is 4.92. The highest BCUT2D eigenvalue weighted by Crippen LogP contribution is 2.52. The SMILES string of the molecule is CC1(C)c2cc3c(cc2-c2cc4ccc(N(c5ccccc5)c5ccc6ccccc6c5)cc4cc21)Oc1cccc2c1B3c1ccccc1N2c1ccccc1. The molecule has 3 nitrogen and oxygen atoms in total. The van der Waals surface area contributed by atoms with Crippen LogP contribution in [0.1, 0.15) is 25.0 Å². The molecule has 0 unspecified atom stereocenters. The molecule has 0 bridgehead atoms. The van der Waals surface area contributed by atoms with Crippen molar-refractivity contribution in [3.63, 3.8) is 0 Å². The molecule has 0 radical (unpaired) electrons. The van der Waals surface area contributed by atoms with Crippen molar-refractivity contribution in [3.05, 3.63) is 199 Å². The van der Waals surface area contributed by atoms with Crippen molar-refractivity contribution in [2.75, 3.05) is 9.80 Å². The fourth-order valence-corrected chi connectivity index (χ4v) is 9.92. The zero-order chi connectivity index (χ0) is 37.8. The van der Waals surface area contributed by atoms with Crippen LogP contribution in [0.4, 0.5) is 34.1 Å². The standard InChI is InChI=1S/C53H37BN2O/c1-53(2)44-31-37-29-41(55(38-16-5-3-6-17-38)40-26-24-34-14-9-10-15-35(34)28-40)27-25-36(37)30-42(44)43-32-51-47(33-45(43)53)54-46-20-11-12-21-48(46)56(39-18-7-4-8-19-39)49-22-13-23-50(57-51)52(49)54/h3-33H,1-2H3. The van der Waals surface area contributed by atoms with E-state index in [-0.39, 0.29) is 12.1 Å². The highest BCUT2D eigenvalue weighted by molar-refractivity contribution is 6.99. The van der Waals surface area contributed by atoms with Crippen molar-refractivity contribution in [2.45, 2.75) is 19.3 Å². The van der Waals surface area contributed by atoms with E-state index in [9.17, 15) is 0 Å². The quantitative estimate of drug-likeness (QED) is 0.168. The fraction of sp³-hybridized carbons (Fsp3) is 0.0566. The third kappa shape index (κ3) is 4.74. The van der Waals surface area contributed by atoms with Crippen LogP contribution in [0.3, 0.4) is 0 Å². The molecule has 12 rings (SSSR count). The van der Waals surface area contributed by atoms with Crippen LogP contribution < -0.4 is 30.9 Å². The molecule has 57 heavy (non-hydrogen) atoms. The zero-order valence-electron chi connectivity index (χ0n) is 31.8. The Kier molecular flexibility index (Phi) is 6.77. The fourth-order valence-electron chi connectivity index (χ4n) is 9.92. The van der Waals surface area contributed by atoms with E-state index in [1.165, 1.54) is 71.6 Å². The Labute approximate surface area is 333 Å². The van der Waals surface area contributed by atoms with E-state index < -0.39 is 0 Å². The Morgan fingerprint density at radius 1 is 0.456 bits per heavy atom. The summed E-state index contributed by atoms with van der Waals surface area (Å²) in [5.41, 5.74) is 15.7. The second-order valence-corrected chi connectivity index (χ2v) is 16.1. The Morgan fingerprint density at radius 2 is 1.09 bits per heavy atom. The highest BCUT2D eigenvalue weighted by Gasteiger charge is 2.44. The third-order valence-electron chi connectivity index (χ3n) is 12.6. The van der Waals surface area contributed by atoms with Crippen molar-refractivity contribution in [1.29, 1.82) is 0 Å². The van der Waals surface area contributed by atoms with Crippen molar-refractivity contribution < 1.29 is 4.74 Å². The van der Waals surface area contributed by atoms with Crippen molar-refractivity contribution in [1.82, 2.24) is 0 Å². The molecule has 0 amide bonds. The maximum Gasteiger partial charge on any atom is 0.256 e. The highest BCUT2D eigenvalue weighted by atomic mass is 16.5. The minimum atomic E-state index is -0.217. The van der Waals surface area contributed by atoms with E-state index >= 15 is 0 Å². The van der Waals surface area contributed by atoms with E-state index in [1.54, 1.807) is 0 Å². The Bertz CT molecular complexity index is 3100. The van der Waals surface area contributed by atoms with Crippen LogP contribution in [-0.2, 0) is 5.41 Å². The van der Waals surface area contributed by atoms with Crippen LogP contribution >= 0.6 is 0 Å². The van der Waals surface area contributed by atoms with E-state index in [4.69, 9.17) is 4.74 Å². The van der Waals surface area contributed by atoms with Gasteiger partial charge in [-0.15, -0.1) is 0 Å². The Balaban J connectivity index is 0.995. The molecule has 9 aromatic rings. The number of hydrogen-bond acceptors (Lipinski definition) is 3. The summed E-state index contributed by atoms with van der Waals surface area (Å²) in [6, 6.07) is 68.7. The lowest BCUT2D eigenvalue weighted by Gasteiger charge is -2.40. The number of rotatable bonds is 4. The minimum absolute atomic E-state index is 0.0571. The summed E-state index contributed by atoms with van der Waals surface area (Å²) in [6.45, 7) is 4.84. The van der Waals surface area contributed by atoms with Gasteiger partial charge in [0.25, 0.3) is 6.71 Å². The van der Waals surface area contributed by atoms with Crippen LogP contribution in [0, 0.1) is 0 Å². The summed E-state index contributed by atoms with van der Waals surface area (Å²) in [5.74, 6) is 1.87. The minimum Gasteiger partial charge on any atom is -0.458 e. The van der Waals surface area contributed by atoms with Gasteiger partial charge in [0.1, 0.15) is 11.5 Å². The molecular formula is C53H37BN2O. The molecule has 9 aromatic carbocycles. The number of hydrogen-bond donors (Lipinski definition) is 0. The molecule has 0 saturated heterocycles. The Hall–Kier alpha value is -7.04. The summed E-state index contributed by atoms with van der Waals surface area (Å²) in [4.78, 5) is 4.77. The number of nitrogens with zero attached hydrogens (tertiary/aromatic N) is 2. The van der Waals surface area contributed by atoms with Gasteiger partial charge in [0.05, 0.1) is 0 Å². The molecule has 0 saturated carbocycles. The second kappa shape index (κ2) is 12.0. The van der Waals surface area contributed by atoms with Crippen LogP contribution in [0.15, 0.2) is 188 Å². The molecule has 2 heterocycles. The van der Waals surface area contributed by atoms with Crippen molar-refractivity contribution in [3.8, 4) is 22.6 Å². The topological polar surface area (TPSA) is 15.7 Å². The van der Waals surface area contributed by atoms with E-state index in [0.29, 0.717) is 0 Å². The first kappa shape index (κ1) is 32.2. The average Bonchev–Trinajstić information content (AvgIpc) is 3.46. The van der Waals surface area contributed by atoms with Crippen LogP contribution in [0.2, 0.25) is 0 Å². The van der Waals surface area contributed by atoms with Gasteiger partial charge < -0.3 is 14.5 Å². The summed E-state index contributed by atoms with van der Waals surface area (Å²) in [7, 11) is 0. The molecule has 1 aliphatic carbocycles. The molecular weight excluding hydrogens is 691 g/mol. The van der Waals surface area contributed by atoms with Gasteiger partial charge in [0, 0.05) is 39.5 Å². The van der Waals surface area contributed by atoms with Crippen LogP contribution in [-0.4, -0.2) is 6.71 Å². The van der Waals surface area contributed by atoms with Gasteiger partial charge in [-0.1, -0.05) is 117 Å². The molecule has 0 atom stereocenters. The molecule has 2 aliphatic heterocycles. The molecule has 268 valence electrons. The number of benzene rings is 9. The lowest BCUT2D eigenvalue weighted by molar-refractivity contribution is 0.487. The maximum absolute atomic E-state index is 6.94. The molecule has 0 aromatic heterocycles. The molecule has 0 spiro atoms. The first-order valence-electron chi connectivity index (χ1n) is 19.9. The van der Waals surface area contributed by atoms with Crippen LogP contribution in [0.5, 0.6) is 11.5 Å². The second-order valence-electron chi connectivity index (χ2n) is 16.1. The van der Waals surface area contributed by atoms with Gasteiger partial charge in [-0.3, -0.25) is 0 Å². The molecule has 4 heteroatoms. The van der Waals surface area contributed by atoms with Gasteiger partial charge in [-0.25, -0.2) is 0 Å². The molecule has 0 N–H and O–H groups in total. The molecule has 0 fully saturated rings. The predicted octanol–water partition coefficient (Wildman–Crippen LogP) is 12.2. The number of fused-ring (bicyclic) bond motifs is 9. The maximum atomic E-state index is 6.94. The first-order chi connectivity index (χ1) is 28.0. The van der Waals surface area contributed by atoms with Gasteiger partial charge >= 0.3 is 0 Å². The summed E-state index contributed by atoms with van der Waals surface area (Å²) < 4.78 is 6.94. The van der Waals surface area contributed by atoms with Gasteiger partial charge in [0.15, 0.2) is 0 Å². The van der Waals surface area contributed by atoms with Gasteiger partial charge in [0.2, 0.25) is 0 Å². The number of anilines is 6. The molecule has 3 aliphatic rings. The number of para-hydroxylation sites is 3. The lowest BCUT2D eigenvalue weighted by atomic mass is 9.34. The largest absolute Gasteiger partial charge is 0.458 e. The third-order valence-corrected chi connectivity index (χ3v) is 12.6. The normalized spacial score (nSPS) is 14.0. The van der Waals surface area contributed by atoms with E-state index in [1.807, 2.05) is 0 Å². The van der Waals surface area contributed by atoms with Crippen LogP contribution in [0.25, 0.3) is 32.7 Å². The average molecular weight is 729 g/mol. The number of ether oxygens (including phenoxy) is 1. The summed E-state index contributed by atoms with van der Waals surface area (Å²) >= 11 is 0. The first-order valence-corrected chi connectivity index (χ1v) is 19.9.